The van der Waals surface area contributed by atoms with Gasteiger partial charge in [-0.3, -0.25) is 4.99 Å². The number of nitrogens with zero attached hydrogens (tertiary/aromatic N) is 3. The van der Waals surface area contributed by atoms with Gasteiger partial charge in [0.1, 0.15) is 5.82 Å². The summed E-state index contributed by atoms with van der Waals surface area (Å²) in [5, 5.41) is 7.54. The second-order valence-electron chi connectivity index (χ2n) is 5.80. The van der Waals surface area contributed by atoms with Gasteiger partial charge in [-0.25, -0.2) is 4.98 Å². The van der Waals surface area contributed by atoms with Crippen molar-refractivity contribution in [1.29, 1.82) is 0 Å². The maximum atomic E-state index is 6.24. The van der Waals surface area contributed by atoms with Crippen LogP contribution in [0.4, 0.5) is 5.82 Å². The minimum atomic E-state index is 0.324. The molecule has 6 heteroatoms. The summed E-state index contributed by atoms with van der Waals surface area (Å²) >= 11 is 6.24. The number of halogens is 1. The van der Waals surface area contributed by atoms with E-state index in [9.17, 15) is 0 Å². The standard InChI is InChI=1S/C18H22ClN5/c1-20-18(22-12-14-6-3-2-4-7-14)23-15-9-11-24(13-15)17-16(19)8-5-10-21-17/h2-8,10,15H,9,11-13H2,1H3,(H2,20,22,23). The average Bonchev–Trinajstić information content (AvgIpc) is 3.08. The van der Waals surface area contributed by atoms with Crippen LogP contribution in [0.1, 0.15) is 12.0 Å². The molecule has 3 rings (SSSR count). The lowest BCUT2D eigenvalue weighted by molar-refractivity contribution is 0.648. The number of hydrogen-bond acceptors (Lipinski definition) is 3. The first kappa shape index (κ1) is 16.6. The summed E-state index contributed by atoms with van der Waals surface area (Å²) in [6.45, 7) is 2.55. The van der Waals surface area contributed by atoms with Gasteiger partial charge in [-0.2, -0.15) is 0 Å². The lowest BCUT2D eigenvalue weighted by Gasteiger charge is -2.20. The number of aromatic nitrogens is 1. The van der Waals surface area contributed by atoms with Crippen LogP contribution in [0.3, 0.4) is 0 Å². The first-order chi connectivity index (χ1) is 11.8. The molecule has 1 aliphatic rings. The molecular weight excluding hydrogens is 322 g/mol. The lowest BCUT2D eigenvalue weighted by atomic mass is 10.2. The molecule has 1 aliphatic heterocycles. The van der Waals surface area contributed by atoms with Crippen LogP contribution >= 0.6 is 11.6 Å². The fourth-order valence-electron chi connectivity index (χ4n) is 2.85. The zero-order chi connectivity index (χ0) is 16.8. The molecule has 0 radical (unpaired) electrons. The number of hydrogen-bond donors (Lipinski definition) is 2. The molecule has 24 heavy (non-hydrogen) atoms. The molecule has 0 saturated carbocycles. The molecule has 2 heterocycles. The van der Waals surface area contributed by atoms with E-state index in [1.165, 1.54) is 5.56 Å². The zero-order valence-electron chi connectivity index (χ0n) is 13.7. The first-order valence-corrected chi connectivity index (χ1v) is 8.50. The van der Waals surface area contributed by atoms with Crippen LogP contribution in [0.15, 0.2) is 53.7 Å². The van der Waals surface area contributed by atoms with Gasteiger partial charge in [0.05, 0.1) is 5.02 Å². The van der Waals surface area contributed by atoms with Gasteiger partial charge >= 0.3 is 0 Å². The topological polar surface area (TPSA) is 52.6 Å². The fraction of sp³-hybridized carbons (Fsp3) is 0.333. The molecule has 1 unspecified atom stereocenters. The van der Waals surface area contributed by atoms with Crippen LogP contribution in [-0.4, -0.2) is 37.1 Å². The Labute approximate surface area is 147 Å². The van der Waals surface area contributed by atoms with E-state index in [1.807, 2.05) is 30.3 Å². The molecule has 5 nitrogen and oxygen atoms in total. The Hall–Kier alpha value is -2.27. The van der Waals surface area contributed by atoms with Crippen LogP contribution in [-0.2, 0) is 6.54 Å². The third-order valence-electron chi connectivity index (χ3n) is 4.09. The molecule has 1 atom stereocenters. The monoisotopic (exact) mass is 343 g/mol. The number of pyridine rings is 1. The fourth-order valence-corrected chi connectivity index (χ4v) is 3.09. The predicted octanol–water partition coefficient (Wildman–Crippen LogP) is 2.68. The third-order valence-corrected chi connectivity index (χ3v) is 4.39. The Morgan fingerprint density at radius 1 is 1.29 bits per heavy atom. The summed E-state index contributed by atoms with van der Waals surface area (Å²) in [5.74, 6) is 1.67. The van der Waals surface area contributed by atoms with Gasteiger partial charge in [0.25, 0.3) is 0 Å². The van der Waals surface area contributed by atoms with Crippen LogP contribution in [0.2, 0.25) is 5.02 Å². The van der Waals surface area contributed by atoms with Gasteiger partial charge in [-0.15, -0.1) is 0 Å². The quantitative estimate of drug-likeness (QED) is 0.662. The van der Waals surface area contributed by atoms with E-state index in [0.717, 1.165) is 37.8 Å². The predicted molar refractivity (Wildman–Crippen MR) is 99.6 cm³/mol. The Bertz CT molecular complexity index is 689. The van der Waals surface area contributed by atoms with Crippen molar-refractivity contribution in [1.82, 2.24) is 15.6 Å². The van der Waals surface area contributed by atoms with Crippen molar-refractivity contribution in [2.24, 2.45) is 4.99 Å². The maximum absolute atomic E-state index is 6.24. The van der Waals surface area contributed by atoms with Crippen molar-refractivity contribution < 1.29 is 0 Å². The summed E-state index contributed by atoms with van der Waals surface area (Å²) in [6, 6.07) is 14.4. The zero-order valence-corrected chi connectivity index (χ0v) is 14.5. The maximum Gasteiger partial charge on any atom is 0.191 e. The highest BCUT2D eigenvalue weighted by Crippen LogP contribution is 2.25. The SMILES string of the molecule is CN=C(NCc1ccccc1)NC1CCN(c2ncccc2Cl)C1. The average molecular weight is 344 g/mol. The van der Waals surface area contributed by atoms with E-state index in [2.05, 4.69) is 37.6 Å². The molecule has 126 valence electrons. The number of guanidine groups is 1. The van der Waals surface area contributed by atoms with Crippen LogP contribution in [0.5, 0.6) is 0 Å². The first-order valence-electron chi connectivity index (χ1n) is 8.13. The number of anilines is 1. The van der Waals surface area contributed by atoms with Crippen molar-refractivity contribution in [3.8, 4) is 0 Å². The Morgan fingerprint density at radius 3 is 2.88 bits per heavy atom. The molecule has 0 amide bonds. The number of aliphatic imine (C=N–C) groups is 1. The summed E-state index contributed by atoms with van der Waals surface area (Å²) < 4.78 is 0. The Morgan fingerprint density at radius 2 is 2.12 bits per heavy atom. The molecule has 2 aromatic rings. The van der Waals surface area contributed by atoms with Gasteiger partial charge in [-0.05, 0) is 24.1 Å². The number of benzene rings is 1. The van der Waals surface area contributed by atoms with E-state index >= 15 is 0 Å². The smallest absolute Gasteiger partial charge is 0.191 e. The Balaban J connectivity index is 1.53. The van der Waals surface area contributed by atoms with Crippen LogP contribution in [0, 0.1) is 0 Å². The van der Waals surface area contributed by atoms with Crippen LogP contribution in [0.25, 0.3) is 0 Å². The van der Waals surface area contributed by atoms with Gasteiger partial charge in [0, 0.05) is 38.9 Å². The van der Waals surface area contributed by atoms with E-state index in [-0.39, 0.29) is 0 Å². The number of nitrogens with one attached hydrogen (secondary N) is 2. The molecule has 1 aromatic heterocycles. The summed E-state index contributed by atoms with van der Waals surface area (Å²) in [7, 11) is 1.79. The van der Waals surface area contributed by atoms with E-state index < -0.39 is 0 Å². The lowest BCUT2D eigenvalue weighted by Crippen LogP contribution is -2.44. The number of rotatable bonds is 4. The van der Waals surface area contributed by atoms with Crippen molar-refractivity contribution in [3.63, 3.8) is 0 Å². The molecular formula is C18H22ClN5. The highest BCUT2D eigenvalue weighted by molar-refractivity contribution is 6.32. The van der Waals surface area contributed by atoms with E-state index in [0.29, 0.717) is 11.1 Å². The van der Waals surface area contributed by atoms with Gasteiger partial charge in [-0.1, -0.05) is 41.9 Å². The normalized spacial score (nSPS) is 17.8. The molecule has 0 spiro atoms. The minimum absolute atomic E-state index is 0.324. The van der Waals surface area contributed by atoms with Gasteiger partial charge < -0.3 is 15.5 Å². The van der Waals surface area contributed by atoms with Crippen molar-refractivity contribution >= 4 is 23.4 Å². The molecule has 0 bridgehead atoms. The summed E-state index contributed by atoms with van der Waals surface area (Å²) in [6.07, 6.45) is 2.81. The van der Waals surface area contributed by atoms with Gasteiger partial charge in [0.2, 0.25) is 0 Å². The van der Waals surface area contributed by atoms with Crippen molar-refractivity contribution in [3.05, 3.63) is 59.2 Å². The van der Waals surface area contributed by atoms with Gasteiger partial charge in [0.15, 0.2) is 5.96 Å². The van der Waals surface area contributed by atoms with Crippen molar-refractivity contribution in [2.45, 2.75) is 19.0 Å². The third kappa shape index (κ3) is 4.17. The Kier molecular flexibility index (Phi) is 5.54. The largest absolute Gasteiger partial charge is 0.353 e. The summed E-state index contributed by atoms with van der Waals surface area (Å²) in [4.78, 5) is 10.9. The highest BCUT2D eigenvalue weighted by Gasteiger charge is 2.25. The van der Waals surface area contributed by atoms with E-state index in [4.69, 9.17) is 11.6 Å². The molecule has 1 aromatic carbocycles. The van der Waals surface area contributed by atoms with Crippen LogP contribution < -0.4 is 15.5 Å². The molecule has 1 saturated heterocycles. The van der Waals surface area contributed by atoms with Crippen molar-refractivity contribution in [2.75, 3.05) is 25.0 Å². The van der Waals surface area contributed by atoms with E-state index in [1.54, 1.807) is 13.2 Å². The summed E-state index contributed by atoms with van der Waals surface area (Å²) in [5.41, 5.74) is 1.23. The second-order valence-corrected chi connectivity index (χ2v) is 6.20. The molecule has 0 aliphatic carbocycles. The second kappa shape index (κ2) is 8.02. The minimum Gasteiger partial charge on any atom is -0.353 e. The highest BCUT2D eigenvalue weighted by atomic mass is 35.5. The molecule has 2 N–H and O–H groups in total. The molecule has 1 fully saturated rings.